The van der Waals surface area contributed by atoms with Crippen LogP contribution >= 0.6 is 23.5 Å². The molecule has 0 unspecified atom stereocenters. The van der Waals surface area contributed by atoms with Gasteiger partial charge in [-0.25, -0.2) is 9.07 Å². The first kappa shape index (κ1) is 21.2. The highest BCUT2D eigenvalue weighted by atomic mass is 35.5. The van der Waals surface area contributed by atoms with Gasteiger partial charge in [0.1, 0.15) is 5.69 Å². The molecule has 0 amide bonds. The molecular weight excluding hydrogens is 427 g/mol. The van der Waals surface area contributed by atoms with E-state index in [-0.39, 0.29) is 5.69 Å². The number of nitrogens with zero attached hydrogens (tertiary/aromatic N) is 2. The maximum atomic E-state index is 13.7. The van der Waals surface area contributed by atoms with E-state index in [1.807, 2.05) is 18.2 Å². The molecule has 0 aliphatic heterocycles. The predicted molar refractivity (Wildman–Crippen MR) is 109 cm³/mol. The molecule has 0 radical (unpaired) electrons. The summed E-state index contributed by atoms with van der Waals surface area (Å²) in [7, 11) is 1.64. The smallest absolute Gasteiger partial charge is 0.387 e. The van der Waals surface area contributed by atoms with Crippen LogP contribution in [0.2, 0.25) is 5.02 Å². The highest BCUT2D eigenvalue weighted by molar-refractivity contribution is 7.99. The van der Waals surface area contributed by atoms with E-state index < -0.39 is 23.7 Å². The zero-order chi connectivity index (χ0) is 21.1. The third-order valence-electron chi connectivity index (χ3n) is 4.29. The molecule has 0 spiro atoms. The van der Waals surface area contributed by atoms with Crippen molar-refractivity contribution in [1.82, 2.24) is 9.36 Å². The molecule has 29 heavy (non-hydrogen) atoms. The van der Waals surface area contributed by atoms with Crippen molar-refractivity contribution in [3.63, 3.8) is 0 Å². The topological polar surface area (TPSA) is 48.2 Å². The Kier molecular flexibility index (Phi) is 6.49. The van der Waals surface area contributed by atoms with E-state index in [9.17, 15) is 18.0 Å². The lowest BCUT2D eigenvalue weighted by Gasteiger charge is -2.11. The second kappa shape index (κ2) is 8.87. The molecule has 2 aromatic carbocycles. The summed E-state index contributed by atoms with van der Waals surface area (Å²) in [5.41, 5.74) is 1.63. The van der Waals surface area contributed by atoms with Crippen LogP contribution in [0.1, 0.15) is 11.3 Å². The number of ether oxygens (including phenoxy) is 1. The van der Waals surface area contributed by atoms with Crippen molar-refractivity contribution in [2.45, 2.75) is 19.3 Å². The van der Waals surface area contributed by atoms with E-state index in [1.54, 1.807) is 24.7 Å². The summed E-state index contributed by atoms with van der Waals surface area (Å²) in [5, 5.41) is 0.627. The number of halogens is 4. The largest absolute Gasteiger partial charge is 0.432 e. The number of rotatable bonds is 7. The van der Waals surface area contributed by atoms with Crippen LogP contribution in [-0.2, 0) is 12.8 Å². The van der Waals surface area contributed by atoms with E-state index in [2.05, 4.69) is 9.46 Å². The molecule has 0 atom stereocenters. The Morgan fingerprint density at radius 3 is 2.66 bits per heavy atom. The summed E-state index contributed by atoms with van der Waals surface area (Å²) < 4.78 is 48.7. The van der Waals surface area contributed by atoms with Gasteiger partial charge in [-0.3, -0.25) is 9.48 Å². The van der Waals surface area contributed by atoms with Crippen molar-refractivity contribution in [2.24, 2.45) is 7.05 Å². The summed E-state index contributed by atoms with van der Waals surface area (Å²) in [6.45, 7) is -1.44. The van der Waals surface area contributed by atoms with E-state index >= 15 is 0 Å². The van der Waals surface area contributed by atoms with Gasteiger partial charge in [-0.05, 0) is 42.6 Å². The van der Waals surface area contributed by atoms with Crippen molar-refractivity contribution >= 4 is 29.2 Å². The predicted octanol–water partition coefficient (Wildman–Crippen LogP) is 5.14. The lowest BCUT2D eigenvalue weighted by molar-refractivity contribution is -0.0521. The molecule has 0 saturated carbocycles. The Bertz CT molecular complexity index is 1090. The standard InChI is InChI=1S/C19H17ClF3N3O2S/c1-11-17(24-29-10-12-5-3-4-6-14(12)20)18(27)26(25(11)2)13-7-8-15(21)16(9-13)28-19(22)23/h3-9,19,24H,10H2,1-2H3. The van der Waals surface area contributed by atoms with E-state index in [0.29, 0.717) is 22.2 Å². The van der Waals surface area contributed by atoms with E-state index in [1.165, 1.54) is 22.7 Å². The zero-order valence-electron chi connectivity index (χ0n) is 15.5. The first-order valence-corrected chi connectivity index (χ1v) is 9.80. The molecule has 3 rings (SSSR count). The lowest BCUT2D eigenvalue weighted by Crippen LogP contribution is -2.20. The van der Waals surface area contributed by atoms with Gasteiger partial charge in [0.15, 0.2) is 11.6 Å². The first-order chi connectivity index (χ1) is 13.8. The monoisotopic (exact) mass is 443 g/mol. The lowest BCUT2D eigenvalue weighted by atomic mass is 10.2. The Morgan fingerprint density at radius 2 is 1.97 bits per heavy atom. The quantitative estimate of drug-likeness (QED) is 0.514. The number of aromatic nitrogens is 2. The summed E-state index contributed by atoms with van der Waals surface area (Å²) in [6, 6.07) is 10.7. The number of anilines is 1. The molecule has 1 aromatic heterocycles. The molecule has 1 heterocycles. The second-order valence-corrected chi connectivity index (χ2v) is 7.27. The third-order valence-corrected chi connectivity index (χ3v) is 5.46. The SMILES string of the molecule is Cc1c(NSCc2ccccc2Cl)c(=O)n(-c2ccc(F)c(OC(F)F)c2)n1C. The summed E-state index contributed by atoms with van der Waals surface area (Å²) in [4.78, 5) is 12.9. The number of hydrogen-bond acceptors (Lipinski definition) is 4. The minimum atomic E-state index is -3.18. The van der Waals surface area contributed by atoms with Gasteiger partial charge in [-0.1, -0.05) is 29.8 Å². The van der Waals surface area contributed by atoms with Gasteiger partial charge < -0.3 is 9.46 Å². The van der Waals surface area contributed by atoms with Gasteiger partial charge in [-0.2, -0.15) is 8.78 Å². The maximum Gasteiger partial charge on any atom is 0.387 e. The summed E-state index contributed by atoms with van der Waals surface area (Å²) in [5.74, 6) is -1.05. The molecule has 0 aliphatic carbocycles. The molecule has 0 saturated heterocycles. The molecule has 154 valence electrons. The molecule has 1 N–H and O–H groups in total. The van der Waals surface area contributed by atoms with Crippen LogP contribution in [0, 0.1) is 12.7 Å². The van der Waals surface area contributed by atoms with Gasteiger partial charge in [0.2, 0.25) is 0 Å². The van der Waals surface area contributed by atoms with Crippen LogP contribution in [0.25, 0.3) is 5.69 Å². The fourth-order valence-corrected chi connectivity index (χ4v) is 3.87. The molecule has 5 nitrogen and oxygen atoms in total. The summed E-state index contributed by atoms with van der Waals surface area (Å²) in [6.07, 6.45) is 0. The Balaban J connectivity index is 1.87. The average molecular weight is 444 g/mol. The summed E-state index contributed by atoms with van der Waals surface area (Å²) >= 11 is 7.42. The molecule has 3 aromatic rings. The fourth-order valence-electron chi connectivity index (χ4n) is 2.73. The molecule has 0 bridgehead atoms. The number of nitrogens with one attached hydrogen (secondary N) is 1. The van der Waals surface area contributed by atoms with Gasteiger partial charge in [0.05, 0.1) is 11.4 Å². The first-order valence-electron chi connectivity index (χ1n) is 8.44. The number of hydrogen-bond donors (Lipinski definition) is 1. The minimum absolute atomic E-state index is 0.196. The van der Waals surface area contributed by atoms with E-state index in [4.69, 9.17) is 11.6 Å². The van der Waals surface area contributed by atoms with Gasteiger partial charge in [0, 0.05) is 23.9 Å². The van der Waals surface area contributed by atoms with Crippen LogP contribution in [0.4, 0.5) is 18.9 Å². The Morgan fingerprint density at radius 1 is 1.24 bits per heavy atom. The highest BCUT2D eigenvalue weighted by Crippen LogP contribution is 2.25. The van der Waals surface area contributed by atoms with Crippen molar-refractivity contribution < 1.29 is 17.9 Å². The van der Waals surface area contributed by atoms with Crippen molar-refractivity contribution in [3.8, 4) is 11.4 Å². The van der Waals surface area contributed by atoms with Gasteiger partial charge in [0.25, 0.3) is 5.56 Å². The van der Waals surface area contributed by atoms with Crippen molar-refractivity contribution in [3.05, 3.63) is 74.9 Å². The van der Waals surface area contributed by atoms with Crippen LogP contribution < -0.4 is 15.0 Å². The Hall–Kier alpha value is -2.52. The van der Waals surface area contributed by atoms with Crippen LogP contribution in [0.15, 0.2) is 47.3 Å². The number of benzene rings is 2. The van der Waals surface area contributed by atoms with Crippen LogP contribution in [0.3, 0.4) is 0 Å². The minimum Gasteiger partial charge on any atom is -0.432 e. The molecule has 10 heteroatoms. The number of alkyl halides is 2. The van der Waals surface area contributed by atoms with Crippen molar-refractivity contribution in [1.29, 1.82) is 0 Å². The highest BCUT2D eigenvalue weighted by Gasteiger charge is 2.18. The maximum absolute atomic E-state index is 13.7. The second-order valence-electron chi connectivity index (χ2n) is 6.08. The molecule has 0 fully saturated rings. The third kappa shape index (κ3) is 4.56. The fraction of sp³-hybridized carbons (Fsp3) is 0.211. The normalized spacial score (nSPS) is 11.1. The Labute approximate surface area is 174 Å². The molecular formula is C19H17ClF3N3O2S. The van der Waals surface area contributed by atoms with Crippen molar-refractivity contribution in [2.75, 3.05) is 4.72 Å². The molecule has 0 aliphatic rings. The zero-order valence-corrected chi connectivity index (χ0v) is 17.0. The van der Waals surface area contributed by atoms with Crippen LogP contribution in [-0.4, -0.2) is 16.0 Å². The van der Waals surface area contributed by atoms with Gasteiger partial charge in [-0.15, -0.1) is 0 Å². The van der Waals surface area contributed by atoms with Gasteiger partial charge >= 0.3 is 6.61 Å². The average Bonchev–Trinajstić information content (AvgIpc) is 2.88. The van der Waals surface area contributed by atoms with E-state index in [0.717, 1.165) is 17.7 Å². The van der Waals surface area contributed by atoms with Crippen LogP contribution in [0.5, 0.6) is 5.75 Å².